The summed E-state index contributed by atoms with van der Waals surface area (Å²) in [6.07, 6.45) is 8.30. The molecule has 1 atom stereocenters. The van der Waals surface area contributed by atoms with Gasteiger partial charge in [-0.25, -0.2) is 4.68 Å². The lowest BCUT2D eigenvalue weighted by molar-refractivity contribution is 0.197. The van der Waals surface area contributed by atoms with E-state index in [2.05, 4.69) is 27.4 Å². The maximum Gasteiger partial charge on any atom is 0.144 e. The Hall–Kier alpha value is -2.64. The summed E-state index contributed by atoms with van der Waals surface area (Å²) >= 11 is 0. The highest BCUT2D eigenvalue weighted by Crippen LogP contribution is 2.27. The number of aliphatic hydroxyl groups excluding tert-OH is 1. The van der Waals surface area contributed by atoms with Crippen molar-refractivity contribution in [3.8, 4) is 11.4 Å². The first-order chi connectivity index (χ1) is 13.8. The predicted octanol–water partition coefficient (Wildman–Crippen LogP) is 2.45. The van der Waals surface area contributed by atoms with Gasteiger partial charge in [-0.15, -0.1) is 0 Å². The van der Waals surface area contributed by atoms with Crippen molar-refractivity contribution in [1.82, 2.24) is 24.5 Å². The molecule has 7 heteroatoms. The largest absolute Gasteiger partial charge is 0.494 e. The zero-order valence-corrected chi connectivity index (χ0v) is 16.2. The van der Waals surface area contributed by atoms with E-state index in [0.717, 1.165) is 49.6 Å². The SMILES string of the molecule is COc1ccccc1-n1cc(CN2CCC[C@@H](c3ccn(CCO)n3)C2)cn1. The average molecular weight is 381 g/mol. The fraction of sp³-hybridized carbons (Fsp3) is 0.429. The third-order valence-corrected chi connectivity index (χ3v) is 5.29. The van der Waals surface area contributed by atoms with Gasteiger partial charge in [-0.3, -0.25) is 9.58 Å². The fourth-order valence-corrected chi connectivity index (χ4v) is 3.91. The van der Waals surface area contributed by atoms with Gasteiger partial charge in [0, 0.05) is 37.0 Å². The lowest BCUT2D eigenvalue weighted by Crippen LogP contribution is -2.34. The third kappa shape index (κ3) is 4.10. The summed E-state index contributed by atoms with van der Waals surface area (Å²) in [5.41, 5.74) is 3.27. The van der Waals surface area contributed by atoms with Crippen LogP contribution in [0.25, 0.3) is 5.69 Å². The molecule has 148 valence electrons. The molecular formula is C21H27N5O2. The second kappa shape index (κ2) is 8.58. The van der Waals surface area contributed by atoms with Crippen LogP contribution in [0.4, 0.5) is 0 Å². The molecule has 1 aliphatic heterocycles. The van der Waals surface area contributed by atoms with Crippen LogP contribution in [-0.4, -0.2) is 56.4 Å². The van der Waals surface area contributed by atoms with E-state index >= 15 is 0 Å². The summed E-state index contributed by atoms with van der Waals surface area (Å²) in [4.78, 5) is 2.48. The predicted molar refractivity (Wildman–Crippen MR) is 107 cm³/mol. The molecule has 0 radical (unpaired) electrons. The maximum absolute atomic E-state index is 9.08. The topological polar surface area (TPSA) is 68.3 Å². The molecule has 0 bridgehead atoms. The number of likely N-dealkylation sites (tertiary alicyclic amines) is 1. The summed E-state index contributed by atoms with van der Waals surface area (Å²) < 4.78 is 9.15. The van der Waals surface area contributed by atoms with E-state index in [1.807, 2.05) is 46.0 Å². The van der Waals surface area contributed by atoms with Gasteiger partial charge >= 0.3 is 0 Å². The van der Waals surface area contributed by atoms with Crippen LogP contribution in [0.1, 0.15) is 30.0 Å². The minimum atomic E-state index is 0.119. The Morgan fingerprint density at radius 3 is 3.00 bits per heavy atom. The van der Waals surface area contributed by atoms with E-state index in [4.69, 9.17) is 9.84 Å². The number of methoxy groups -OCH3 is 1. The summed E-state index contributed by atoms with van der Waals surface area (Å²) in [5, 5.41) is 18.2. The number of hydrogen-bond donors (Lipinski definition) is 1. The number of benzene rings is 1. The van der Waals surface area contributed by atoms with Crippen LogP contribution < -0.4 is 4.74 Å². The van der Waals surface area contributed by atoms with Gasteiger partial charge in [-0.05, 0) is 37.6 Å². The first-order valence-corrected chi connectivity index (χ1v) is 9.80. The summed E-state index contributed by atoms with van der Waals surface area (Å²) in [7, 11) is 1.68. The first kappa shape index (κ1) is 18.7. The monoisotopic (exact) mass is 381 g/mol. The van der Waals surface area contributed by atoms with Crippen LogP contribution in [0, 0.1) is 0 Å². The van der Waals surface area contributed by atoms with Crippen molar-refractivity contribution in [3.05, 3.63) is 60.2 Å². The molecule has 1 saturated heterocycles. The molecule has 0 spiro atoms. The van der Waals surface area contributed by atoms with Gasteiger partial charge in [0.1, 0.15) is 11.4 Å². The molecule has 4 rings (SSSR count). The van der Waals surface area contributed by atoms with E-state index in [0.29, 0.717) is 12.5 Å². The fourth-order valence-electron chi connectivity index (χ4n) is 3.91. The molecule has 1 aliphatic rings. The second-order valence-corrected chi connectivity index (χ2v) is 7.27. The number of hydrogen-bond acceptors (Lipinski definition) is 5. The lowest BCUT2D eigenvalue weighted by atomic mass is 9.95. The van der Waals surface area contributed by atoms with Crippen molar-refractivity contribution >= 4 is 0 Å². The van der Waals surface area contributed by atoms with Gasteiger partial charge in [0.05, 0.1) is 32.2 Å². The van der Waals surface area contributed by atoms with Crippen molar-refractivity contribution in [1.29, 1.82) is 0 Å². The van der Waals surface area contributed by atoms with Crippen LogP contribution in [0.2, 0.25) is 0 Å². The van der Waals surface area contributed by atoms with E-state index in [1.54, 1.807) is 7.11 Å². The minimum absolute atomic E-state index is 0.119. The number of ether oxygens (including phenoxy) is 1. The Kier molecular flexibility index (Phi) is 5.73. The molecule has 0 unspecified atom stereocenters. The van der Waals surface area contributed by atoms with E-state index in [-0.39, 0.29) is 6.61 Å². The summed E-state index contributed by atoms with van der Waals surface area (Å²) in [6, 6.07) is 9.99. The van der Waals surface area contributed by atoms with Crippen molar-refractivity contribution in [2.45, 2.75) is 31.8 Å². The smallest absolute Gasteiger partial charge is 0.144 e. The van der Waals surface area contributed by atoms with Crippen molar-refractivity contribution in [2.75, 3.05) is 26.8 Å². The van der Waals surface area contributed by atoms with E-state index in [1.165, 1.54) is 5.56 Å². The van der Waals surface area contributed by atoms with Crippen LogP contribution in [0.3, 0.4) is 0 Å². The Morgan fingerprint density at radius 2 is 2.14 bits per heavy atom. The second-order valence-electron chi connectivity index (χ2n) is 7.27. The first-order valence-electron chi connectivity index (χ1n) is 9.80. The van der Waals surface area contributed by atoms with Crippen LogP contribution in [0.5, 0.6) is 5.75 Å². The summed E-state index contributed by atoms with van der Waals surface area (Å²) in [6.45, 7) is 3.64. The average Bonchev–Trinajstić information content (AvgIpc) is 3.38. The molecule has 1 fully saturated rings. The highest BCUT2D eigenvalue weighted by atomic mass is 16.5. The van der Waals surface area contributed by atoms with Gasteiger partial charge < -0.3 is 9.84 Å². The zero-order valence-electron chi connectivity index (χ0n) is 16.2. The molecule has 3 aromatic rings. The Labute approximate surface area is 165 Å². The van der Waals surface area contributed by atoms with Crippen molar-refractivity contribution < 1.29 is 9.84 Å². The molecule has 1 N–H and O–H groups in total. The number of nitrogens with zero attached hydrogens (tertiary/aromatic N) is 5. The van der Waals surface area contributed by atoms with Crippen molar-refractivity contribution in [3.63, 3.8) is 0 Å². The molecule has 0 aliphatic carbocycles. The zero-order chi connectivity index (χ0) is 19.3. The molecule has 2 aromatic heterocycles. The van der Waals surface area contributed by atoms with Gasteiger partial charge in [-0.1, -0.05) is 12.1 Å². The summed E-state index contributed by atoms with van der Waals surface area (Å²) in [5.74, 6) is 1.26. The van der Waals surface area contributed by atoms with Crippen LogP contribution in [-0.2, 0) is 13.1 Å². The third-order valence-electron chi connectivity index (χ3n) is 5.29. The van der Waals surface area contributed by atoms with Gasteiger partial charge in [0.15, 0.2) is 0 Å². The molecule has 7 nitrogen and oxygen atoms in total. The normalized spacial score (nSPS) is 17.7. The van der Waals surface area contributed by atoms with E-state index in [9.17, 15) is 0 Å². The number of aliphatic hydroxyl groups is 1. The molecule has 0 saturated carbocycles. The highest BCUT2D eigenvalue weighted by Gasteiger charge is 2.23. The van der Waals surface area contributed by atoms with Gasteiger partial charge in [0.25, 0.3) is 0 Å². The number of aromatic nitrogens is 4. The quantitative estimate of drug-likeness (QED) is 0.681. The molecule has 3 heterocycles. The minimum Gasteiger partial charge on any atom is -0.494 e. The van der Waals surface area contributed by atoms with Crippen LogP contribution >= 0.6 is 0 Å². The molecular weight excluding hydrogens is 354 g/mol. The highest BCUT2D eigenvalue weighted by molar-refractivity contribution is 5.46. The maximum atomic E-state index is 9.08. The van der Waals surface area contributed by atoms with Crippen LogP contribution in [0.15, 0.2) is 48.9 Å². The lowest BCUT2D eigenvalue weighted by Gasteiger charge is -2.31. The number of piperidine rings is 1. The van der Waals surface area contributed by atoms with E-state index < -0.39 is 0 Å². The van der Waals surface area contributed by atoms with Crippen molar-refractivity contribution in [2.24, 2.45) is 0 Å². The standard InChI is InChI=1S/C21H27N5O2/c1-28-21-7-3-2-6-20(21)26-15-17(13-22-26)14-24-9-4-5-18(16-24)19-8-10-25(23-19)11-12-27/h2-3,6-8,10,13,15,18,27H,4-5,9,11-12,14,16H2,1H3/t18-/m1/s1. The van der Waals surface area contributed by atoms with Gasteiger partial charge in [0.2, 0.25) is 0 Å². The number of rotatable bonds is 7. The molecule has 0 amide bonds. The molecule has 28 heavy (non-hydrogen) atoms. The number of para-hydroxylation sites is 2. The Balaban J connectivity index is 1.42. The Bertz CT molecular complexity index is 904. The Morgan fingerprint density at radius 1 is 1.25 bits per heavy atom. The molecule has 1 aromatic carbocycles. The van der Waals surface area contributed by atoms with Gasteiger partial charge in [-0.2, -0.15) is 10.2 Å².